The van der Waals surface area contributed by atoms with Crippen molar-refractivity contribution < 1.29 is 5.11 Å². The van der Waals surface area contributed by atoms with E-state index in [2.05, 4.69) is 52.7 Å². The van der Waals surface area contributed by atoms with Gasteiger partial charge in [-0.25, -0.2) is 0 Å². The topological polar surface area (TPSA) is 35.5 Å². The molecule has 0 saturated carbocycles. The standard InChI is InChI=1S/C23H26N2O/c26-22-10-8-18(9-11-22)16-21-17-24-13-15-25(21)14-12-20-6-3-5-19-4-1-2-7-23(19)20/h1-11,21,24,26H,12-17H2/t21-/m0/s1. The summed E-state index contributed by atoms with van der Waals surface area (Å²) >= 11 is 0. The highest BCUT2D eigenvalue weighted by Gasteiger charge is 2.22. The molecule has 1 atom stereocenters. The Kier molecular flexibility index (Phi) is 5.19. The van der Waals surface area contributed by atoms with Crippen LogP contribution in [0.5, 0.6) is 5.75 Å². The highest BCUT2D eigenvalue weighted by Crippen LogP contribution is 2.20. The Morgan fingerprint density at radius 1 is 0.962 bits per heavy atom. The van der Waals surface area contributed by atoms with Gasteiger partial charge >= 0.3 is 0 Å². The maximum Gasteiger partial charge on any atom is 0.115 e. The second-order valence-corrected chi connectivity index (χ2v) is 7.15. The quantitative estimate of drug-likeness (QED) is 0.741. The van der Waals surface area contributed by atoms with Crippen molar-refractivity contribution in [2.45, 2.75) is 18.9 Å². The van der Waals surface area contributed by atoms with Gasteiger partial charge in [-0.05, 0) is 46.9 Å². The lowest BCUT2D eigenvalue weighted by atomic mass is 10.00. The van der Waals surface area contributed by atoms with Crippen molar-refractivity contribution in [3.8, 4) is 5.75 Å². The number of phenols is 1. The second kappa shape index (κ2) is 7.90. The fourth-order valence-corrected chi connectivity index (χ4v) is 3.98. The van der Waals surface area contributed by atoms with Crippen LogP contribution in [0, 0.1) is 0 Å². The number of hydrogen-bond donors (Lipinski definition) is 2. The van der Waals surface area contributed by atoms with E-state index < -0.39 is 0 Å². The van der Waals surface area contributed by atoms with Gasteiger partial charge in [-0.1, -0.05) is 54.6 Å². The summed E-state index contributed by atoms with van der Waals surface area (Å²) in [4.78, 5) is 2.62. The molecular weight excluding hydrogens is 320 g/mol. The normalized spacial score (nSPS) is 18.2. The first-order valence-corrected chi connectivity index (χ1v) is 9.49. The average molecular weight is 346 g/mol. The van der Waals surface area contributed by atoms with Gasteiger partial charge < -0.3 is 10.4 Å². The third-order valence-corrected chi connectivity index (χ3v) is 5.43. The number of fused-ring (bicyclic) bond motifs is 1. The molecular formula is C23H26N2O. The minimum Gasteiger partial charge on any atom is -0.508 e. The number of aromatic hydroxyl groups is 1. The van der Waals surface area contributed by atoms with Crippen LogP contribution in [0.2, 0.25) is 0 Å². The van der Waals surface area contributed by atoms with Gasteiger partial charge in [-0.2, -0.15) is 0 Å². The van der Waals surface area contributed by atoms with Gasteiger partial charge in [0, 0.05) is 32.2 Å². The maximum atomic E-state index is 9.49. The Bertz CT molecular complexity index is 854. The third-order valence-electron chi connectivity index (χ3n) is 5.43. The molecule has 0 amide bonds. The number of piperazine rings is 1. The molecule has 1 aliphatic rings. The van der Waals surface area contributed by atoms with E-state index in [0.29, 0.717) is 11.8 Å². The van der Waals surface area contributed by atoms with E-state index in [-0.39, 0.29) is 0 Å². The summed E-state index contributed by atoms with van der Waals surface area (Å²) in [6.45, 7) is 4.25. The molecule has 3 nitrogen and oxygen atoms in total. The molecule has 0 radical (unpaired) electrons. The predicted molar refractivity (Wildman–Crippen MR) is 108 cm³/mol. The van der Waals surface area contributed by atoms with Crippen LogP contribution in [-0.4, -0.2) is 42.2 Å². The van der Waals surface area contributed by atoms with Crippen molar-refractivity contribution >= 4 is 10.8 Å². The van der Waals surface area contributed by atoms with Gasteiger partial charge in [0.1, 0.15) is 5.75 Å². The Morgan fingerprint density at radius 3 is 2.65 bits per heavy atom. The van der Waals surface area contributed by atoms with Crippen LogP contribution < -0.4 is 5.32 Å². The summed E-state index contributed by atoms with van der Waals surface area (Å²) in [5, 5.41) is 15.7. The first kappa shape index (κ1) is 17.1. The average Bonchev–Trinajstić information content (AvgIpc) is 2.69. The predicted octanol–water partition coefficient (Wildman–Crippen LogP) is 3.60. The Morgan fingerprint density at radius 2 is 1.77 bits per heavy atom. The number of rotatable bonds is 5. The van der Waals surface area contributed by atoms with Crippen molar-refractivity contribution in [2.24, 2.45) is 0 Å². The number of hydrogen-bond acceptors (Lipinski definition) is 3. The summed E-state index contributed by atoms with van der Waals surface area (Å²) in [5.41, 5.74) is 2.72. The SMILES string of the molecule is Oc1ccc(C[C@H]2CNCCN2CCc2cccc3ccccc23)cc1. The monoisotopic (exact) mass is 346 g/mol. The van der Waals surface area contributed by atoms with Crippen molar-refractivity contribution in [1.29, 1.82) is 0 Å². The fourth-order valence-electron chi connectivity index (χ4n) is 3.98. The molecule has 134 valence electrons. The zero-order valence-electron chi connectivity index (χ0n) is 15.1. The lowest BCUT2D eigenvalue weighted by Crippen LogP contribution is -2.52. The lowest BCUT2D eigenvalue weighted by molar-refractivity contribution is 0.162. The third kappa shape index (κ3) is 3.90. The van der Waals surface area contributed by atoms with Gasteiger partial charge in [0.2, 0.25) is 0 Å². The molecule has 3 heteroatoms. The number of nitrogens with one attached hydrogen (secondary N) is 1. The number of phenolic OH excluding ortho intramolecular Hbond substituents is 1. The molecule has 3 aromatic carbocycles. The highest BCUT2D eigenvalue weighted by molar-refractivity contribution is 5.85. The van der Waals surface area contributed by atoms with E-state index in [9.17, 15) is 5.11 Å². The van der Waals surface area contributed by atoms with Crippen LogP contribution in [0.3, 0.4) is 0 Å². The van der Waals surface area contributed by atoms with E-state index in [1.54, 1.807) is 12.1 Å². The molecule has 0 unspecified atom stereocenters. The zero-order valence-corrected chi connectivity index (χ0v) is 15.1. The first-order chi connectivity index (χ1) is 12.8. The molecule has 0 aromatic heterocycles. The summed E-state index contributed by atoms with van der Waals surface area (Å²) < 4.78 is 0. The van der Waals surface area contributed by atoms with E-state index in [1.165, 1.54) is 21.9 Å². The van der Waals surface area contributed by atoms with Crippen LogP contribution in [-0.2, 0) is 12.8 Å². The Labute approximate surface area is 155 Å². The fraction of sp³-hybridized carbons (Fsp3) is 0.304. The molecule has 0 aliphatic carbocycles. The maximum absolute atomic E-state index is 9.49. The highest BCUT2D eigenvalue weighted by atomic mass is 16.3. The Hall–Kier alpha value is -2.36. The van der Waals surface area contributed by atoms with Gasteiger partial charge in [-0.3, -0.25) is 4.90 Å². The lowest BCUT2D eigenvalue weighted by Gasteiger charge is -2.36. The zero-order chi connectivity index (χ0) is 17.8. The first-order valence-electron chi connectivity index (χ1n) is 9.49. The van der Waals surface area contributed by atoms with Crippen LogP contribution in [0.4, 0.5) is 0 Å². The smallest absolute Gasteiger partial charge is 0.115 e. The molecule has 3 aromatic rings. The second-order valence-electron chi connectivity index (χ2n) is 7.15. The van der Waals surface area contributed by atoms with Crippen molar-refractivity contribution in [1.82, 2.24) is 10.2 Å². The number of nitrogens with zero attached hydrogens (tertiary/aromatic N) is 1. The Balaban J connectivity index is 1.45. The van der Waals surface area contributed by atoms with Crippen molar-refractivity contribution in [3.63, 3.8) is 0 Å². The molecule has 1 aliphatic heterocycles. The minimum absolute atomic E-state index is 0.336. The summed E-state index contributed by atoms with van der Waals surface area (Å²) in [7, 11) is 0. The van der Waals surface area contributed by atoms with Gasteiger partial charge in [0.05, 0.1) is 0 Å². The molecule has 1 heterocycles. The minimum atomic E-state index is 0.336. The molecule has 0 spiro atoms. The van der Waals surface area contributed by atoms with Crippen molar-refractivity contribution in [2.75, 3.05) is 26.2 Å². The van der Waals surface area contributed by atoms with Crippen molar-refractivity contribution in [3.05, 3.63) is 77.9 Å². The summed E-state index contributed by atoms with van der Waals surface area (Å²) in [6.07, 6.45) is 2.09. The van der Waals surface area contributed by atoms with E-state index in [0.717, 1.165) is 39.0 Å². The summed E-state index contributed by atoms with van der Waals surface area (Å²) in [6, 6.07) is 23.4. The van der Waals surface area contributed by atoms with Gasteiger partial charge in [0.15, 0.2) is 0 Å². The molecule has 0 bridgehead atoms. The molecule has 2 N–H and O–H groups in total. The molecule has 26 heavy (non-hydrogen) atoms. The van der Waals surface area contributed by atoms with E-state index >= 15 is 0 Å². The largest absolute Gasteiger partial charge is 0.508 e. The summed E-state index contributed by atoms with van der Waals surface area (Å²) in [5.74, 6) is 0.336. The van der Waals surface area contributed by atoms with Crippen LogP contribution in [0.25, 0.3) is 10.8 Å². The van der Waals surface area contributed by atoms with Gasteiger partial charge in [-0.15, -0.1) is 0 Å². The molecule has 4 rings (SSSR count). The molecule has 1 fully saturated rings. The van der Waals surface area contributed by atoms with Crippen LogP contribution in [0.1, 0.15) is 11.1 Å². The van der Waals surface area contributed by atoms with Crippen LogP contribution in [0.15, 0.2) is 66.7 Å². The van der Waals surface area contributed by atoms with E-state index in [1.807, 2.05) is 12.1 Å². The van der Waals surface area contributed by atoms with E-state index in [4.69, 9.17) is 0 Å². The molecule has 1 saturated heterocycles. The van der Waals surface area contributed by atoms with Crippen LogP contribution >= 0.6 is 0 Å². The number of benzene rings is 3. The van der Waals surface area contributed by atoms with Gasteiger partial charge in [0.25, 0.3) is 0 Å².